The molecule has 0 N–H and O–H groups in total. The lowest BCUT2D eigenvalue weighted by molar-refractivity contribution is -0.0273. The maximum atomic E-state index is 12.3. The zero-order valence-electron chi connectivity index (χ0n) is 7.12. The topological polar surface area (TPSA) is 0 Å². The third kappa shape index (κ3) is 1.68. The van der Waals surface area contributed by atoms with Crippen LogP contribution in [0.5, 0.6) is 0 Å². The molecule has 0 spiro atoms. The Morgan fingerprint density at radius 1 is 1.30 bits per heavy atom. The van der Waals surface area contributed by atoms with Gasteiger partial charge in [0.05, 0.1) is 0 Å². The Bertz CT molecular complexity index is 89.4. The predicted molar refractivity (Wildman–Crippen MR) is 39.2 cm³/mol. The van der Waals surface area contributed by atoms with Crippen LogP contribution in [0.4, 0.5) is 8.78 Å². The molecule has 0 heterocycles. The van der Waals surface area contributed by atoms with Crippen LogP contribution in [0.1, 0.15) is 34.1 Å². The lowest BCUT2D eigenvalue weighted by Gasteiger charge is -2.31. The molecule has 0 aliphatic carbocycles. The van der Waals surface area contributed by atoms with Crippen molar-refractivity contribution in [3.8, 4) is 0 Å². The summed E-state index contributed by atoms with van der Waals surface area (Å²) >= 11 is 0. The smallest absolute Gasteiger partial charge is 0.210 e. The molecule has 1 unspecified atom stereocenters. The Labute approximate surface area is 61.6 Å². The van der Waals surface area contributed by atoms with E-state index in [1.54, 1.807) is 6.92 Å². The molecular formula is C8H16F2. The van der Waals surface area contributed by atoms with Gasteiger partial charge in [-0.2, -0.15) is 0 Å². The summed E-state index contributed by atoms with van der Waals surface area (Å²) in [5.41, 5.74) is -0.792. The van der Waals surface area contributed by atoms with E-state index < -0.39 is 11.8 Å². The Kier molecular flexibility index (Phi) is 3.26. The molecule has 1 atom stereocenters. The van der Waals surface area contributed by atoms with Crippen LogP contribution in [0.2, 0.25) is 0 Å². The molecule has 0 aliphatic heterocycles. The number of halogens is 2. The van der Waals surface area contributed by atoms with Crippen LogP contribution in [-0.2, 0) is 0 Å². The van der Waals surface area contributed by atoms with Crippen molar-refractivity contribution in [3.05, 3.63) is 0 Å². The highest BCUT2D eigenvalue weighted by Crippen LogP contribution is 2.36. The molecule has 0 saturated carbocycles. The summed E-state index contributed by atoms with van der Waals surface area (Å²) in [5, 5.41) is 0. The third-order valence-corrected chi connectivity index (χ3v) is 2.58. The van der Waals surface area contributed by atoms with E-state index in [0.29, 0.717) is 6.42 Å². The van der Waals surface area contributed by atoms with Gasteiger partial charge in [0.1, 0.15) is 0 Å². The first-order valence-corrected chi connectivity index (χ1v) is 3.73. The zero-order chi connectivity index (χ0) is 8.36. The molecular weight excluding hydrogens is 134 g/mol. The molecule has 0 bridgehead atoms. The van der Waals surface area contributed by atoms with Crippen molar-refractivity contribution in [2.24, 2.45) is 11.3 Å². The third-order valence-electron chi connectivity index (χ3n) is 2.58. The highest BCUT2D eigenvalue weighted by Gasteiger charge is 2.35. The van der Waals surface area contributed by atoms with Gasteiger partial charge in [-0.1, -0.05) is 27.7 Å². The Morgan fingerprint density at radius 2 is 1.70 bits per heavy atom. The fourth-order valence-corrected chi connectivity index (χ4v) is 0.815. The first kappa shape index (κ1) is 9.86. The number of rotatable bonds is 3. The molecule has 10 heavy (non-hydrogen) atoms. The van der Waals surface area contributed by atoms with Gasteiger partial charge in [0.2, 0.25) is 6.43 Å². The Balaban J connectivity index is 4.23. The second-order valence-electron chi connectivity index (χ2n) is 3.31. The van der Waals surface area contributed by atoms with Crippen LogP contribution in [0.15, 0.2) is 0 Å². The van der Waals surface area contributed by atoms with Gasteiger partial charge in [-0.15, -0.1) is 0 Å². The maximum Gasteiger partial charge on any atom is 0.244 e. The average molecular weight is 150 g/mol. The van der Waals surface area contributed by atoms with Gasteiger partial charge in [-0.25, -0.2) is 8.78 Å². The molecule has 0 fully saturated rings. The molecule has 0 amide bonds. The summed E-state index contributed by atoms with van der Waals surface area (Å²) < 4.78 is 24.7. The molecule has 62 valence electrons. The van der Waals surface area contributed by atoms with Gasteiger partial charge in [-0.05, 0) is 12.3 Å². The largest absolute Gasteiger partial charge is 0.244 e. The molecule has 0 aliphatic rings. The molecule has 0 nitrogen and oxygen atoms in total. The highest BCUT2D eigenvalue weighted by molar-refractivity contribution is 4.78. The van der Waals surface area contributed by atoms with Crippen molar-refractivity contribution >= 4 is 0 Å². The van der Waals surface area contributed by atoms with Gasteiger partial charge >= 0.3 is 0 Å². The minimum Gasteiger partial charge on any atom is -0.210 e. The fourth-order valence-electron chi connectivity index (χ4n) is 0.815. The predicted octanol–water partition coefficient (Wildman–Crippen LogP) is 3.32. The SMILES string of the molecule is CCC(C)(C(C)C)C(F)F. The van der Waals surface area contributed by atoms with Crippen molar-refractivity contribution in [2.45, 2.75) is 40.5 Å². The molecule has 0 aromatic rings. The minimum absolute atomic E-state index is 0.0532. The van der Waals surface area contributed by atoms with Crippen molar-refractivity contribution in [3.63, 3.8) is 0 Å². The normalized spacial score (nSPS) is 18.0. The number of hydrogen-bond donors (Lipinski definition) is 0. The Morgan fingerprint density at radius 3 is 1.70 bits per heavy atom. The van der Waals surface area contributed by atoms with E-state index >= 15 is 0 Å². The van der Waals surface area contributed by atoms with Crippen molar-refractivity contribution < 1.29 is 8.78 Å². The van der Waals surface area contributed by atoms with E-state index in [4.69, 9.17) is 0 Å². The minimum atomic E-state index is -2.20. The molecule has 0 radical (unpaired) electrons. The van der Waals surface area contributed by atoms with E-state index in [2.05, 4.69) is 0 Å². The lowest BCUT2D eigenvalue weighted by Crippen LogP contribution is -2.30. The molecule has 0 saturated heterocycles. The lowest BCUT2D eigenvalue weighted by atomic mass is 9.77. The summed E-state index contributed by atoms with van der Waals surface area (Å²) in [6.45, 7) is 7.14. The molecule has 2 heteroatoms. The summed E-state index contributed by atoms with van der Waals surface area (Å²) in [6.07, 6.45) is -1.65. The number of hydrogen-bond acceptors (Lipinski definition) is 0. The van der Waals surface area contributed by atoms with E-state index in [1.807, 2.05) is 20.8 Å². The quantitative estimate of drug-likeness (QED) is 0.579. The van der Waals surface area contributed by atoms with Crippen LogP contribution in [0, 0.1) is 11.3 Å². The first-order chi connectivity index (χ1) is 4.45. The van der Waals surface area contributed by atoms with Gasteiger partial charge < -0.3 is 0 Å². The summed E-state index contributed by atoms with van der Waals surface area (Å²) in [7, 11) is 0. The van der Waals surface area contributed by atoms with E-state index in [9.17, 15) is 8.78 Å². The number of alkyl halides is 2. The van der Waals surface area contributed by atoms with E-state index in [1.165, 1.54) is 0 Å². The van der Waals surface area contributed by atoms with Crippen LogP contribution in [0.25, 0.3) is 0 Å². The highest BCUT2D eigenvalue weighted by atomic mass is 19.3. The van der Waals surface area contributed by atoms with Crippen LogP contribution < -0.4 is 0 Å². The Hall–Kier alpha value is -0.140. The maximum absolute atomic E-state index is 12.3. The fraction of sp³-hybridized carbons (Fsp3) is 1.00. The van der Waals surface area contributed by atoms with E-state index in [0.717, 1.165) is 0 Å². The van der Waals surface area contributed by atoms with Crippen LogP contribution in [0.3, 0.4) is 0 Å². The zero-order valence-corrected chi connectivity index (χ0v) is 7.12. The second kappa shape index (κ2) is 3.31. The van der Waals surface area contributed by atoms with Crippen molar-refractivity contribution in [1.82, 2.24) is 0 Å². The second-order valence-corrected chi connectivity index (χ2v) is 3.31. The molecule has 0 aromatic carbocycles. The first-order valence-electron chi connectivity index (χ1n) is 3.73. The van der Waals surface area contributed by atoms with Gasteiger partial charge in [0.15, 0.2) is 0 Å². The standard InChI is InChI=1S/C8H16F2/c1-5-8(4,6(2)3)7(9)10/h6-7H,5H2,1-4H3. The van der Waals surface area contributed by atoms with Gasteiger partial charge in [-0.3, -0.25) is 0 Å². The average Bonchev–Trinajstić information content (AvgIpc) is 1.85. The van der Waals surface area contributed by atoms with Crippen LogP contribution in [-0.4, -0.2) is 6.43 Å². The van der Waals surface area contributed by atoms with Crippen LogP contribution >= 0.6 is 0 Å². The monoisotopic (exact) mass is 150 g/mol. The van der Waals surface area contributed by atoms with Crippen molar-refractivity contribution in [1.29, 1.82) is 0 Å². The summed E-state index contributed by atoms with van der Waals surface area (Å²) in [4.78, 5) is 0. The summed E-state index contributed by atoms with van der Waals surface area (Å²) in [5.74, 6) is 0.0532. The molecule has 0 aromatic heterocycles. The van der Waals surface area contributed by atoms with Gasteiger partial charge in [0, 0.05) is 5.41 Å². The van der Waals surface area contributed by atoms with Crippen molar-refractivity contribution in [2.75, 3.05) is 0 Å². The summed E-state index contributed by atoms with van der Waals surface area (Å²) in [6, 6.07) is 0. The molecule has 0 rings (SSSR count). The van der Waals surface area contributed by atoms with Gasteiger partial charge in [0.25, 0.3) is 0 Å². The van der Waals surface area contributed by atoms with E-state index in [-0.39, 0.29) is 5.92 Å².